The molecule has 1 N–H and O–H groups in total. The van der Waals surface area contributed by atoms with E-state index >= 15 is 0 Å². The third-order valence-electron chi connectivity index (χ3n) is 3.82. The van der Waals surface area contributed by atoms with E-state index in [1.807, 2.05) is 12.1 Å². The summed E-state index contributed by atoms with van der Waals surface area (Å²) in [5, 5.41) is 0.641. The van der Waals surface area contributed by atoms with Crippen molar-refractivity contribution in [2.75, 3.05) is 0 Å². The van der Waals surface area contributed by atoms with E-state index in [0.717, 1.165) is 32.1 Å². The summed E-state index contributed by atoms with van der Waals surface area (Å²) < 4.78 is 1.52. The number of H-pyrrole nitrogens is 1. The standard InChI is InChI=1S/C15H13BrClIN2O/c16-10-7-9(5-6-11(10)17)14-19-13(8-3-1-2-4-8)12(18)15(21)20-14/h5-8H,1-4H2,(H,19,20,21). The topological polar surface area (TPSA) is 45.8 Å². The quantitative estimate of drug-likeness (QED) is 0.608. The Morgan fingerprint density at radius 1 is 1.33 bits per heavy atom. The van der Waals surface area contributed by atoms with Gasteiger partial charge in [-0.2, -0.15) is 0 Å². The molecular weight excluding hydrogens is 466 g/mol. The van der Waals surface area contributed by atoms with Crippen LogP contribution >= 0.6 is 50.1 Å². The Bertz CT molecular complexity index is 741. The Kier molecular flexibility index (Phi) is 4.71. The first-order valence-corrected chi connectivity index (χ1v) is 9.06. The molecule has 110 valence electrons. The molecule has 0 radical (unpaired) electrons. The third kappa shape index (κ3) is 3.19. The lowest BCUT2D eigenvalue weighted by Gasteiger charge is -2.12. The number of halogens is 3. The monoisotopic (exact) mass is 478 g/mol. The van der Waals surface area contributed by atoms with Crippen molar-refractivity contribution >= 4 is 50.1 Å². The molecule has 1 aromatic heterocycles. The number of aromatic amines is 1. The molecule has 1 aliphatic carbocycles. The van der Waals surface area contributed by atoms with E-state index in [0.29, 0.717) is 16.8 Å². The van der Waals surface area contributed by atoms with E-state index in [1.165, 1.54) is 12.8 Å². The highest BCUT2D eigenvalue weighted by Crippen LogP contribution is 2.35. The summed E-state index contributed by atoms with van der Waals surface area (Å²) >= 11 is 11.5. The second kappa shape index (κ2) is 6.38. The fourth-order valence-corrected chi connectivity index (χ4v) is 3.92. The Morgan fingerprint density at radius 2 is 2.05 bits per heavy atom. The summed E-state index contributed by atoms with van der Waals surface area (Å²) in [5.74, 6) is 1.02. The average molecular weight is 480 g/mol. The van der Waals surface area contributed by atoms with Gasteiger partial charge in [0.25, 0.3) is 5.56 Å². The van der Waals surface area contributed by atoms with Crippen LogP contribution in [0.15, 0.2) is 27.5 Å². The number of nitrogens with zero attached hydrogens (tertiary/aromatic N) is 1. The minimum atomic E-state index is -0.0615. The molecule has 3 nitrogen and oxygen atoms in total. The van der Waals surface area contributed by atoms with Gasteiger partial charge in [0.1, 0.15) is 5.82 Å². The van der Waals surface area contributed by atoms with Gasteiger partial charge in [-0.15, -0.1) is 0 Å². The van der Waals surface area contributed by atoms with Crippen LogP contribution in [0.5, 0.6) is 0 Å². The summed E-state index contributed by atoms with van der Waals surface area (Å²) in [6.07, 6.45) is 4.68. The van der Waals surface area contributed by atoms with E-state index in [1.54, 1.807) is 6.07 Å². The van der Waals surface area contributed by atoms with Crippen LogP contribution in [0.25, 0.3) is 11.4 Å². The summed E-state index contributed by atoms with van der Waals surface area (Å²) in [7, 11) is 0. The molecule has 0 atom stereocenters. The summed E-state index contributed by atoms with van der Waals surface area (Å²) in [6.45, 7) is 0. The zero-order chi connectivity index (χ0) is 15.0. The predicted octanol–water partition coefficient (Wildman–Crippen LogP) is 5.12. The number of aromatic nitrogens is 2. The normalized spacial score (nSPS) is 15.6. The first kappa shape index (κ1) is 15.5. The van der Waals surface area contributed by atoms with Crippen molar-refractivity contribution in [3.05, 3.63) is 47.3 Å². The maximum absolute atomic E-state index is 12.2. The molecule has 21 heavy (non-hydrogen) atoms. The smallest absolute Gasteiger partial charge is 0.264 e. The summed E-state index contributed by atoms with van der Waals surface area (Å²) in [4.78, 5) is 19.8. The van der Waals surface area contributed by atoms with E-state index in [-0.39, 0.29) is 5.56 Å². The lowest BCUT2D eigenvalue weighted by atomic mass is 10.0. The van der Waals surface area contributed by atoms with Crippen LogP contribution in [0.1, 0.15) is 37.3 Å². The van der Waals surface area contributed by atoms with E-state index in [2.05, 4.69) is 43.5 Å². The largest absolute Gasteiger partial charge is 0.306 e. The van der Waals surface area contributed by atoms with Gasteiger partial charge < -0.3 is 4.98 Å². The fraction of sp³-hybridized carbons (Fsp3) is 0.333. The molecule has 0 bridgehead atoms. The Balaban J connectivity index is 2.10. The molecule has 0 amide bonds. The molecule has 2 aromatic rings. The van der Waals surface area contributed by atoms with Crippen molar-refractivity contribution in [1.29, 1.82) is 0 Å². The van der Waals surface area contributed by atoms with Crippen LogP contribution in [0, 0.1) is 3.57 Å². The Morgan fingerprint density at radius 3 is 2.71 bits per heavy atom. The molecule has 0 aliphatic heterocycles. The highest BCUT2D eigenvalue weighted by Gasteiger charge is 2.23. The van der Waals surface area contributed by atoms with Crippen LogP contribution in [0.3, 0.4) is 0 Å². The van der Waals surface area contributed by atoms with Crippen LogP contribution in [-0.2, 0) is 0 Å². The van der Waals surface area contributed by atoms with Gasteiger partial charge in [-0.3, -0.25) is 4.79 Å². The van der Waals surface area contributed by atoms with Crippen molar-refractivity contribution in [2.45, 2.75) is 31.6 Å². The fourth-order valence-electron chi connectivity index (χ4n) is 2.73. The van der Waals surface area contributed by atoms with E-state index in [4.69, 9.17) is 16.6 Å². The SMILES string of the molecule is O=c1[nH]c(-c2ccc(Cl)c(Br)c2)nc(C2CCCC2)c1I. The zero-order valence-electron chi connectivity index (χ0n) is 11.1. The van der Waals surface area contributed by atoms with Crippen molar-refractivity contribution in [1.82, 2.24) is 9.97 Å². The van der Waals surface area contributed by atoms with E-state index in [9.17, 15) is 4.79 Å². The molecule has 6 heteroatoms. The molecule has 0 saturated heterocycles. The summed E-state index contributed by atoms with van der Waals surface area (Å²) in [5.41, 5.74) is 1.74. The number of nitrogens with one attached hydrogen (secondary N) is 1. The van der Waals surface area contributed by atoms with Gasteiger partial charge in [-0.1, -0.05) is 24.4 Å². The lowest BCUT2D eigenvalue weighted by Crippen LogP contribution is -2.17. The minimum Gasteiger partial charge on any atom is -0.306 e. The highest BCUT2D eigenvalue weighted by atomic mass is 127. The van der Waals surface area contributed by atoms with Gasteiger partial charge in [0.2, 0.25) is 0 Å². The number of hydrogen-bond acceptors (Lipinski definition) is 2. The van der Waals surface area contributed by atoms with Crippen LogP contribution in [0.2, 0.25) is 5.02 Å². The Labute approximate surface area is 149 Å². The summed E-state index contributed by atoms with van der Waals surface area (Å²) in [6, 6.07) is 5.55. The van der Waals surface area contributed by atoms with Crippen molar-refractivity contribution in [2.24, 2.45) is 0 Å². The molecular formula is C15H13BrClIN2O. The first-order valence-electron chi connectivity index (χ1n) is 6.81. The second-order valence-corrected chi connectivity index (χ2v) is 7.56. The highest BCUT2D eigenvalue weighted by molar-refractivity contribution is 14.1. The van der Waals surface area contributed by atoms with Gasteiger partial charge in [0, 0.05) is 16.0 Å². The Hall–Kier alpha value is -0.400. The molecule has 1 fully saturated rings. The molecule has 1 heterocycles. The number of hydrogen-bond donors (Lipinski definition) is 1. The molecule has 0 spiro atoms. The minimum absolute atomic E-state index is 0.0615. The second-order valence-electron chi connectivity index (χ2n) is 5.22. The van der Waals surface area contributed by atoms with Crippen LogP contribution in [-0.4, -0.2) is 9.97 Å². The zero-order valence-corrected chi connectivity index (χ0v) is 15.6. The first-order chi connectivity index (χ1) is 10.1. The average Bonchev–Trinajstić information content (AvgIpc) is 2.98. The van der Waals surface area contributed by atoms with Crippen LogP contribution < -0.4 is 5.56 Å². The van der Waals surface area contributed by atoms with Gasteiger partial charge >= 0.3 is 0 Å². The number of rotatable bonds is 2. The van der Waals surface area contributed by atoms with E-state index < -0.39 is 0 Å². The van der Waals surface area contributed by atoms with Gasteiger partial charge in [0.05, 0.1) is 14.3 Å². The predicted molar refractivity (Wildman–Crippen MR) is 96.9 cm³/mol. The third-order valence-corrected chi connectivity index (χ3v) is 6.08. The lowest BCUT2D eigenvalue weighted by molar-refractivity contribution is 0.687. The molecule has 1 aromatic carbocycles. The van der Waals surface area contributed by atoms with Gasteiger partial charge in [0.15, 0.2) is 0 Å². The molecule has 1 saturated carbocycles. The number of benzene rings is 1. The maximum Gasteiger partial charge on any atom is 0.264 e. The van der Waals surface area contributed by atoms with Crippen LogP contribution in [0.4, 0.5) is 0 Å². The molecule has 3 rings (SSSR count). The van der Waals surface area contributed by atoms with Crippen molar-refractivity contribution < 1.29 is 0 Å². The molecule has 0 unspecified atom stereocenters. The molecule has 1 aliphatic rings. The maximum atomic E-state index is 12.2. The van der Waals surface area contributed by atoms with Gasteiger partial charge in [-0.25, -0.2) is 4.98 Å². The van der Waals surface area contributed by atoms with Gasteiger partial charge in [-0.05, 0) is 69.6 Å². The van der Waals surface area contributed by atoms with Crippen molar-refractivity contribution in [3.63, 3.8) is 0 Å². The van der Waals surface area contributed by atoms with Crippen molar-refractivity contribution in [3.8, 4) is 11.4 Å².